The molecule has 0 saturated carbocycles. The minimum atomic E-state index is -3.97. The number of hydrogen-bond donors (Lipinski definition) is 1. The Labute approximate surface area is 171 Å². The molecule has 11 heteroatoms. The fourth-order valence-electron chi connectivity index (χ4n) is 3.07. The molecular weight excluding hydrogens is 427 g/mol. The lowest BCUT2D eigenvalue weighted by molar-refractivity contribution is 0.208. The van der Waals surface area contributed by atoms with Crippen LogP contribution in [0.1, 0.15) is 6.42 Å². The number of likely N-dealkylation sites (N-methyl/N-ethyl adjacent to an activating group) is 1. The molecule has 28 heavy (non-hydrogen) atoms. The standard InChI is InChI=1S/C17H16Cl2N4O4S/c1-23-7-6-11(9-23)26-14-8-10(2-3-12(14)18)22-28(24,25)15-5-4-13(19)16-17(15)21-27-20-16/h2-5,8,11,22H,6-7,9H2,1H3. The molecule has 2 heterocycles. The van der Waals surface area contributed by atoms with Crippen LogP contribution in [0.25, 0.3) is 11.0 Å². The van der Waals surface area contributed by atoms with Crippen molar-refractivity contribution in [3.05, 3.63) is 40.4 Å². The lowest BCUT2D eigenvalue weighted by atomic mass is 10.3. The van der Waals surface area contributed by atoms with Crippen molar-refractivity contribution in [3.8, 4) is 5.75 Å². The van der Waals surface area contributed by atoms with Crippen LogP contribution < -0.4 is 9.46 Å². The number of benzene rings is 2. The Balaban J connectivity index is 1.62. The summed E-state index contributed by atoms with van der Waals surface area (Å²) in [5.41, 5.74) is 0.541. The van der Waals surface area contributed by atoms with E-state index in [1.54, 1.807) is 18.2 Å². The molecule has 1 N–H and O–H groups in total. The highest BCUT2D eigenvalue weighted by molar-refractivity contribution is 7.93. The van der Waals surface area contributed by atoms with Crippen LogP contribution in [0, 0.1) is 0 Å². The van der Waals surface area contributed by atoms with Gasteiger partial charge >= 0.3 is 0 Å². The van der Waals surface area contributed by atoms with E-state index in [-0.39, 0.29) is 27.1 Å². The fourth-order valence-corrected chi connectivity index (χ4v) is 4.60. The minimum Gasteiger partial charge on any atom is -0.487 e. The topological polar surface area (TPSA) is 97.6 Å². The predicted octanol–water partition coefficient (Wildman–Crippen LogP) is 3.41. The second kappa shape index (κ2) is 7.40. The number of fused-ring (bicyclic) bond motifs is 1. The summed E-state index contributed by atoms with van der Waals surface area (Å²) in [4.78, 5) is 2.06. The molecule has 1 fully saturated rings. The minimum absolute atomic E-state index is 0.00597. The highest BCUT2D eigenvalue weighted by atomic mass is 35.5. The summed E-state index contributed by atoms with van der Waals surface area (Å²) in [5.74, 6) is 0.423. The summed E-state index contributed by atoms with van der Waals surface area (Å²) in [6, 6.07) is 7.48. The third-order valence-corrected chi connectivity index (χ3v) is 6.47. The molecule has 1 aromatic heterocycles. The molecule has 0 spiro atoms. The summed E-state index contributed by atoms with van der Waals surface area (Å²) in [7, 11) is -1.96. The molecular formula is C17H16Cl2N4O4S. The molecule has 0 amide bonds. The average molecular weight is 443 g/mol. The third-order valence-electron chi connectivity index (χ3n) is 4.44. The van der Waals surface area contributed by atoms with Gasteiger partial charge in [0.25, 0.3) is 10.0 Å². The van der Waals surface area contributed by atoms with E-state index in [2.05, 4.69) is 24.6 Å². The number of hydrogen-bond acceptors (Lipinski definition) is 7. The molecule has 3 aromatic rings. The monoisotopic (exact) mass is 442 g/mol. The van der Waals surface area contributed by atoms with Gasteiger partial charge in [-0.1, -0.05) is 23.2 Å². The summed E-state index contributed by atoms with van der Waals surface area (Å²) >= 11 is 12.2. The number of nitrogens with one attached hydrogen (secondary N) is 1. The molecule has 0 radical (unpaired) electrons. The van der Waals surface area contributed by atoms with Crippen molar-refractivity contribution in [2.24, 2.45) is 0 Å². The van der Waals surface area contributed by atoms with Crippen LogP contribution in [0.2, 0.25) is 10.0 Å². The largest absolute Gasteiger partial charge is 0.487 e. The number of sulfonamides is 1. The zero-order chi connectivity index (χ0) is 19.9. The van der Waals surface area contributed by atoms with Crippen molar-refractivity contribution < 1.29 is 17.8 Å². The first-order valence-corrected chi connectivity index (χ1v) is 10.7. The molecule has 1 unspecified atom stereocenters. The Kier molecular flexibility index (Phi) is 5.09. The van der Waals surface area contributed by atoms with Crippen LogP contribution in [0.5, 0.6) is 5.75 Å². The average Bonchev–Trinajstić information content (AvgIpc) is 3.27. The lowest BCUT2D eigenvalue weighted by Crippen LogP contribution is -2.21. The first-order valence-electron chi connectivity index (χ1n) is 8.42. The lowest BCUT2D eigenvalue weighted by Gasteiger charge is -2.16. The van der Waals surface area contributed by atoms with Gasteiger partial charge in [0, 0.05) is 19.2 Å². The van der Waals surface area contributed by atoms with Gasteiger partial charge < -0.3 is 9.64 Å². The maximum Gasteiger partial charge on any atom is 0.264 e. The predicted molar refractivity (Wildman–Crippen MR) is 106 cm³/mol. The maximum absolute atomic E-state index is 12.9. The first kappa shape index (κ1) is 19.3. The van der Waals surface area contributed by atoms with E-state index in [0.29, 0.717) is 16.5 Å². The van der Waals surface area contributed by atoms with Crippen LogP contribution in [-0.2, 0) is 10.0 Å². The quantitative estimate of drug-likeness (QED) is 0.646. The van der Waals surface area contributed by atoms with E-state index in [1.165, 1.54) is 12.1 Å². The summed E-state index contributed by atoms with van der Waals surface area (Å²) in [5, 5.41) is 7.95. The maximum atomic E-state index is 12.9. The van der Waals surface area contributed by atoms with Crippen molar-refractivity contribution in [1.29, 1.82) is 0 Å². The van der Waals surface area contributed by atoms with Crippen LogP contribution >= 0.6 is 23.2 Å². The second-order valence-corrected chi connectivity index (χ2v) is 9.01. The van der Waals surface area contributed by atoms with Gasteiger partial charge in [0.2, 0.25) is 0 Å². The van der Waals surface area contributed by atoms with Crippen LogP contribution in [-0.4, -0.2) is 49.9 Å². The molecule has 2 aromatic carbocycles. The summed E-state index contributed by atoms with van der Waals surface area (Å²) in [6.07, 6.45) is 0.886. The third kappa shape index (κ3) is 3.75. The number of ether oxygens (including phenoxy) is 1. The van der Waals surface area contributed by atoms with Gasteiger partial charge in [-0.25, -0.2) is 13.0 Å². The van der Waals surface area contributed by atoms with Gasteiger partial charge in [0.15, 0.2) is 11.0 Å². The van der Waals surface area contributed by atoms with E-state index < -0.39 is 10.0 Å². The van der Waals surface area contributed by atoms with Gasteiger partial charge in [0.05, 0.1) is 15.7 Å². The Hall–Kier alpha value is -2.07. The molecule has 0 aliphatic carbocycles. The van der Waals surface area contributed by atoms with E-state index in [1.807, 2.05) is 7.05 Å². The Morgan fingerprint density at radius 3 is 2.68 bits per heavy atom. The Morgan fingerprint density at radius 1 is 1.18 bits per heavy atom. The molecule has 1 aliphatic rings. The van der Waals surface area contributed by atoms with Gasteiger partial charge in [-0.3, -0.25) is 4.72 Å². The van der Waals surface area contributed by atoms with Crippen molar-refractivity contribution in [1.82, 2.24) is 15.2 Å². The van der Waals surface area contributed by atoms with E-state index in [4.69, 9.17) is 27.9 Å². The molecule has 1 aliphatic heterocycles. The fraction of sp³-hybridized carbons (Fsp3) is 0.294. The van der Waals surface area contributed by atoms with Crippen molar-refractivity contribution >= 4 is 49.9 Å². The van der Waals surface area contributed by atoms with E-state index in [9.17, 15) is 8.42 Å². The number of rotatable bonds is 5. The molecule has 1 atom stereocenters. The Morgan fingerprint density at radius 2 is 1.93 bits per heavy atom. The highest BCUT2D eigenvalue weighted by Crippen LogP contribution is 2.32. The SMILES string of the molecule is CN1CCC(Oc2cc(NS(=O)(=O)c3ccc(Cl)c4nonc34)ccc2Cl)C1. The van der Waals surface area contributed by atoms with Crippen LogP contribution in [0.15, 0.2) is 39.9 Å². The molecule has 1 saturated heterocycles. The van der Waals surface area contributed by atoms with Gasteiger partial charge in [-0.2, -0.15) is 0 Å². The number of aromatic nitrogens is 2. The van der Waals surface area contributed by atoms with Crippen molar-refractivity contribution in [3.63, 3.8) is 0 Å². The van der Waals surface area contributed by atoms with Crippen LogP contribution in [0.3, 0.4) is 0 Å². The molecule has 148 valence electrons. The molecule has 4 rings (SSSR count). The van der Waals surface area contributed by atoms with Gasteiger partial charge in [-0.15, -0.1) is 0 Å². The number of nitrogens with zero attached hydrogens (tertiary/aromatic N) is 3. The number of likely N-dealkylation sites (tertiary alicyclic amines) is 1. The molecule has 0 bridgehead atoms. The van der Waals surface area contributed by atoms with E-state index >= 15 is 0 Å². The zero-order valence-electron chi connectivity index (χ0n) is 14.7. The molecule has 8 nitrogen and oxygen atoms in total. The van der Waals surface area contributed by atoms with Crippen molar-refractivity contribution in [2.45, 2.75) is 17.4 Å². The van der Waals surface area contributed by atoms with Gasteiger partial charge in [-0.05, 0) is 48.0 Å². The number of anilines is 1. The highest BCUT2D eigenvalue weighted by Gasteiger charge is 2.24. The number of halogens is 2. The smallest absolute Gasteiger partial charge is 0.264 e. The van der Waals surface area contributed by atoms with E-state index in [0.717, 1.165) is 19.5 Å². The zero-order valence-corrected chi connectivity index (χ0v) is 17.1. The Bertz CT molecular complexity index is 1140. The second-order valence-electron chi connectivity index (χ2n) is 6.55. The van der Waals surface area contributed by atoms with Crippen molar-refractivity contribution in [2.75, 3.05) is 24.9 Å². The first-order chi connectivity index (χ1) is 13.3. The normalized spacial score (nSPS) is 17.9. The van der Waals surface area contributed by atoms with Gasteiger partial charge in [0.1, 0.15) is 16.7 Å². The van der Waals surface area contributed by atoms with Crippen LogP contribution in [0.4, 0.5) is 5.69 Å². The summed E-state index contributed by atoms with van der Waals surface area (Å²) in [6.45, 7) is 1.72. The summed E-state index contributed by atoms with van der Waals surface area (Å²) < 4.78 is 38.8.